The number of methoxy groups -OCH3 is 1. The van der Waals surface area contributed by atoms with Crippen molar-refractivity contribution in [1.29, 1.82) is 0 Å². The van der Waals surface area contributed by atoms with Crippen molar-refractivity contribution in [2.75, 3.05) is 7.11 Å². The lowest BCUT2D eigenvalue weighted by molar-refractivity contribution is -0.137. The number of nitrogens with zero attached hydrogens (tertiary/aromatic N) is 1. The zero-order chi connectivity index (χ0) is 18.1. The molecule has 0 bridgehead atoms. The van der Waals surface area contributed by atoms with Gasteiger partial charge >= 0.3 is 12.1 Å². The zero-order valence-electron chi connectivity index (χ0n) is 12.4. The standard InChI is InChI=1S/C15H10ClF4NO3/c1-7-11(3-4-13(17)21-7)24-12-6-9(15(18,19)20)10(16)5-8(12)14(22)23-2/h3-6H,1-2H3. The lowest BCUT2D eigenvalue weighted by atomic mass is 10.1. The second-order valence-electron chi connectivity index (χ2n) is 4.64. The minimum absolute atomic E-state index is 0.0167. The quantitative estimate of drug-likeness (QED) is 0.447. The van der Waals surface area contributed by atoms with Crippen LogP contribution in [0.1, 0.15) is 21.6 Å². The molecule has 0 atom stereocenters. The number of esters is 1. The van der Waals surface area contributed by atoms with Crippen LogP contribution in [0.2, 0.25) is 5.02 Å². The van der Waals surface area contributed by atoms with E-state index in [1.807, 2.05) is 0 Å². The molecule has 0 saturated carbocycles. The first-order valence-corrected chi connectivity index (χ1v) is 6.81. The summed E-state index contributed by atoms with van der Waals surface area (Å²) in [7, 11) is 1.06. The van der Waals surface area contributed by atoms with Gasteiger partial charge < -0.3 is 9.47 Å². The molecule has 0 aliphatic heterocycles. The van der Waals surface area contributed by atoms with Crippen LogP contribution in [-0.2, 0) is 10.9 Å². The maximum Gasteiger partial charge on any atom is 0.417 e. The van der Waals surface area contributed by atoms with Gasteiger partial charge in [0, 0.05) is 0 Å². The molecule has 4 nitrogen and oxygen atoms in total. The summed E-state index contributed by atoms with van der Waals surface area (Å²) in [6, 6.07) is 3.54. The number of alkyl halides is 3. The van der Waals surface area contributed by atoms with E-state index in [1.54, 1.807) is 0 Å². The number of benzene rings is 1. The molecule has 1 aromatic heterocycles. The lowest BCUT2D eigenvalue weighted by Crippen LogP contribution is -2.10. The molecule has 0 N–H and O–H groups in total. The maximum atomic E-state index is 13.0. The van der Waals surface area contributed by atoms with Gasteiger partial charge in [0.05, 0.1) is 23.4 Å². The molecule has 1 heterocycles. The van der Waals surface area contributed by atoms with Crippen molar-refractivity contribution >= 4 is 17.6 Å². The lowest BCUT2D eigenvalue weighted by Gasteiger charge is -2.15. The Morgan fingerprint density at radius 1 is 1.21 bits per heavy atom. The Balaban J connectivity index is 2.58. The van der Waals surface area contributed by atoms with Crippen LogP contribution in [-0.4, -0.2) is 18.1 Å². The minimum atomic E-state index is -4.75. The molecule has 0 aliphatic carbocycles. The SMILES string of the molecule is COC(=O)c1cc(Cl)c(C(F)(F)F)cc1Oc1ccc(F)nc1C. The maximum absolute atomic E-state index is 13.0. The monoisotopic (exact) mass is 363 g/mol. The molecule has 2 aromatic rings. The fourth-order valence-corrected chi connectivity index (χ4v) is 2.14. The van der Waals surface area contributed by atoms with Gasteiger partial charge in [-0.3, -0.25) is 0 Å². The molecule has 9 heteroatoms. The van der Waals surface area contributed by atoms with Gasteiger partial charge in [-0.1, -0.05) is 11.6 Å². The van der Waals surface area contributed by atoms with Gasteiger partial charge in [-0.2, -0.15) is 17.6 Å². The van der Waals surface area contributed by atoms with Crippen molar-refractivity contribution in [3.05, 3.63) is 52.1 Å². The van der Waals surface area contributed by atoms with Crippen LogP contribution in [0.25, 0.3) is 0 Å². The number of aromatic nitrogens is 1. The minimum Gasteiger partial charge on any atom is -0.465 e. The highest BCUT2D eigenvalue weighted by Gasteiger charge is 2.35. The van der Waals surface area contributed by atoms with Crippen LogP contribution >= 0.6 is 11.6 Å². The van der Waals surface area contributed by atoms with Gasteiger partial charge in [0.1, 0.15) is 17.1 Å². The fourth-order valence-electron chi connectivity index (χ4n) is 1.87. The Kier molecular flexibility index (Phi) is 4.98. The first kappa shape index (κ1) is 18.0. The highest BCUT2D eigenvalue weighted by atomic mass is 35.5. The number of pyridine rings is 1. The van der Waals surface area contributed by atoms with Crippen molar-refractivity contribution in [3.8, 4) is 11.5 Å². The van der Waals surface area contributed by atoms with Crippen molar-refractivity contribution in [2.24, 2.45) is 0 Å². The molecule has 0 aliphatic rings. The number of carbonyl (C=O) groups excluding carboxylic acids is 1. The van der Waals surface area contributed by atoms with Crippen LogP contribution in [0, 0.1) is 12.9 Å². The third-order valence-electron chi connectivity index (χ3n) is 3.00. The molecule has 0 fully saturated rings. The Labute approximate surface area is 139 Å². The van der Waals surface area contributed by atoms with E-state index < -0.39 is 34.4 Å². The summed E-state index contributed by atoms with van der Waals surface area (Å²) < 4.78 is 61.8. The zero-order valence-corrected chi connectivity index (χ0v) is 13.1. The fraction of sp³-hybridized carbons (Fsp3) is 0.200. The molecule has 1 aromatic carbocycles. The topological polar surface area (TPSA) is 48.4 Å². The Hall–Kier alpha value is -2.35. The largest absolute Gasteiger partial charge is 0.465 e. The molecule has 0 saturated heterocycles. The van der Waals surface area contributed by atoms with Gasteiger partial charge in [0.2, 0.25) is 5.95 Å². The third-order valence-corrected chi connectivity index (χ3v) is 3.32. The van der Waals surface area contributed by atoms with E-state index in [2.05, 4.69) is 9.72 Å². The summed E-state index contributed by atoms with van der Waals surface area (Å²) in [6.45, 7) is 1.40. The number of halogens is 5. The first-order chi connectivity index (χ1) is 11.1. The summed E-state index contributed by atoms with van der Waals surface area (Å²) in [5, 5.41) is -0.677. The highest BCUT2D eigenvalue weighted by Crippen LogP contribution is 2.40. The molecular formula is C15H10ClF4NO3. The number of ether oxygens (including phenoxy) is 2. The predicted molar refractivity (Wildman–Crippen MR) is 76.8 cm³/mol. The first-order valence-electron chi connectivity index (χ1n) is 6.43. The van der Waals surface area contributed by atoms with E-state index in [9.17, 15) is 22.4 Å². The summed E-state index contributed by atoms with van der Waals surface area (Å²) in [6.07, 6.45) is -4.75. The molecule has 0 radical (unpaired) electrons. The van der Waals surface area contributed by atoms with E-state index in [1.165, 1.54) is 13.0 Å². The molecule has 0 spiro atoms. The van der Waals surface area contributed by atoms with E-state index in [4.69, 9.17) is 16.3 Å². The van der Waals surface area contributed by atoms with Crippen molar-refractivity contribution in [1.82, 2.24) is 4.98 Å². The van der Waals surface area contributed by atoms with Crippen LogP contribution in [0.15, 0.2) is 24.3 Å². The number of rotatable bonds is 3. The second kappa shape index (κ2) is 6.64. The highest BCUT2D eigenvalue weighted by molar-refractivity contribution is 6.31. The average molecular weight is 364 g/mol. The molecular weight excluding hydrogens is 354 g/mol. The second-order valence-corrected chi connectivity index (χ2v) is 5.04. The molecule has 0 unspecified atom stereocenters. The Morgan fingerprint density at radius 2 is 1.88 bits per heavy atom. The Bertz CT molecular complexity index is 793. The Morgan fingerprint density at radius 3 is 2.42 bits per heavy atom. The number of carbonyl (C=O) groups is 1. The van der Waals surface area contributed by atoms with Crippen LogP contribution < -0.4 is 4.74 Å². The number of aryl methyl sites for hydroxylation is 1. The van der Waals surface area contributed by atoms with Gasteiger partial charge in [-0.05, 0) is 31.2 Å². The number of hydrogen-bond acceptors (Lipinski definition) is 4. The number of hydrogen-bond donors (Lipinski definition) is 0. The third kappa shape index (κ3) is 3.76. The summed E-state index contributed by atoms with van der Waals surface area (Å²) in [5.74, 6) is -2.17. The molecule has 128 valence electrons. The van der Waals surface area contributed by atoms with E-state index in [0.29, 0.717) is 6.07 Å². The molecule has 2 rings (SSSR count). The van der Waals surface area contributed by atoms with E-state index >= 15 is 0 Å². The van der Waals surface area contributed by atoms with Crippen LogP contribution in [0.5, 0.6) is 11.5 Å². The van der Waals surface area contributed by atoms with E-state index in [-0.39, 0.29) is 17.0 Å². The van der Waals surface area contributed by atoms with Crippen LogP contribution in [0.3, 0.4) is 0 Å². The van der Waals surface area contributed by atoms with E-state index in [0.717, 1.165) is 19.2 Å². The summed E-state index contributed by atoms with van der Waals surface area (Å²) >= 11 is 5.60. The predicted octanol–water partition coefficient (Wildman–Crippen LogP) is 4.78. The molecule has 0 amide bonds. The van der Waals surface area contributed by atoms with Gasteiger partial charge in [0.25, 0.3) is 0 Å². The van der Waals surface area contributed by atoms with Gasteiger partial charge in [-0.15, -0.1) is 0 Å². The summed E-state index contributed by atoms with van der Waals surface area (Å²) in [4.78, 5) is 15.3. The van der Waals surface area contributed by atoms with Crippen molar-refractivity contribution in [2.45, 2.75) is 13.1 Å². The van der Waals surface area contributed by atoms with Gasteiger partial charge in [0.15, 0.2) is 0 Å². The smallest absolute Gasteiger partial charge is 0.417 e. The summed E-state index contributed by atoms with van der Waals surface area (Å²) in [5.41, 5.74) is -1.40. The normalized spacial score (nSPS) is 11.3. The van der Waals surface area contributed by atoms with Crippen LogP contribution in [0.4, 0.5) is 17.6 Å². The van der Waals surface area contributed by atoms with Crippen molar-refractivity contribution < 1.29 is 31.8 Å². The van der Waals surface area contributed by atoms with Crippen molar-refractivity contribution in [3.63, 3.8) is 0 Å². The molecule has 24 heavy (non-hydrogen) atoms. The average Bonchev–Trinajstić information content (AvgIpc) is 2.49. The van der Waals surface area contributed by atoms with Gasteiger partial charge in [-0.25, -0.2) is 9.78 Å².